The molecule has 80 valence electrons. The number of carbonyl (C=O) groups is 2. The normalized spacial score (nSPS) is 9.47. The van der Waals surface area contributed by atoms with E-state index in [0.717, 1.165) is 0 Å². The molecule has 0 aromatic heterocycles. The van der Waals surface area contributed by atoms with Crippen molar-refractivity contribution in [1.82, 2.24) is 5.32 Å². The van der Waals surface area contributed by atoms with Crippen LogP contribution in [0.1, 0.15) is 10.4 Å². The fourth-order valence-electron chi connectivity index (χ4n) is 1.09. The van der Waals surface area contributed by atoms with Crippen molar-refractivity contribution < 1.29 is 9.59 Å². The van der Waals surface area contributed by atoms with Crippen LogP contribution in [-0.4, -0.2) is 25.4 Å². The van der Waals surface area contributed by atoms with Gasteiger partial charge in [-0.25, -0.2) is 0 Å². The fraction of sp³-hybridized carbons (Fsp3) is 0.200. The van der Waals surface area contributed by atoms with Crippen LogP contribution in [0.4, 0.5) is 5.69 Å². The summed E-state index contributed by atoms with van der Waals surface area (Å²) >= 11 is 0. The number of nitrogens with two attached hydrogens (primary N) is 1. The van der Waals surface area contributed by atoms with Crippen molar-refractivity contribution in [2.45, 2.75) is 0 Å². The Kier molecular flexibility index (Phi) is 3.82. The zero-order chi connectivity index (χ0) is 11.3. The second-order valence-corrected chi connectivity index (χ2v) is 2.91. The summed E-state index contributed by atoms with van der Waals surface area (Å²) < 4.78 is 0. The zero-order valence-electron chi connectivity index (χ0n) is 8.41. The fourth-order valence-corrected chi connectivity index (χ4v) is 1.09. The highest BCUT2D eigenvalue weighted by atomic mass is 16.2. The van der Waals surface area contributed by atoms with Crippen molar-refractivity contribution in [3.05, 3.63) is 29.8 Å². The van der Waals surface area contributed by atoms with Gasteiger partial charge in [-0.05, 0) is 18.2 Å². The molecule has 0 aliphatic heterocycles. The van der Waals surface area contributed by atoms with Crippen molar-refractivity contribution in [1.29, 1.82) is 0 Å². The minimum Gasteiger partial charge on any atom is -0.355 e. The molecule has 2 amide bonds. The predicted molar refractivity (Wildman–Crippen MR) is 57.5 cm³/mol. The van der Waals surface area contributed by atoms with Crippen molar-refractivity contribution in [3.63, 3.8) is 0 Å². The van der Waals surface area contributed by atoms with E-state index in [2.05, 4.69) is 10.6 Å². The lowest BCUT2D eigenvalue weighted by Gasteiger charge is -2.05. The molecule has 1 rings (SSSR count). The molecule has 1 aromatic rings. The monoisotopic (exact) mass is 207 g/mol. The van der Waals surface area contributed by atoms with Gasteiger partial charge in [-0.15, -0.1) is 0 Å². The van der Waals surface area contributed by atoms with Crippen molar-refractivity contribution in [3.8, 4) is 0 Å². The van der Waals surface area contributed by atoms with E-state index in [1.165, 1.54) is 0 Å². The minimum atomic E-state index is -0.288. The quantitative estimate of drug-likeness (QED) is 0.649. The lowest BCUT2D eigenvalue weighted by molar-refractivity contribution is -0.114. The molecule has 0 aliphatic rings. The Labute approximate surface area is 87.7 Å². The second kappa shape index (κ2) is 5.11. The van der Waals surface area contributed by atoms with Gasteiger partial charge in [0.2, 0.25) is 5.91 Å². The van der Waals surface area contributed by atoms with Gasteiger partial charge in [0, 0.05) is 18.3 Å². The number of anilines is 1. The Morgan fingerprint density at radius 3 is 2.73 bits per heavy atom. The Morgan fingerprint density at radius 2 is 2.13 bits per heavy atom. The topological polar surface area (TPSA) is 84.2 Å². The minimum absolute atomic E-state index is 0.0792. The molecule has 0 bridgehead atoms. The first-order valence-electron chi connectivity index (χ1n) is 4.49. The number of rotatable bonds is 3. The van der Waals surface area contributed by atoms with Crippen LogP contribution in [0, 0.1) is 0 Å². The van der Waals surface area contributed by atoms with Gasteiger partial charge in [-0.1, -0.05) is 6.07 Å². The molecule has 4 N–H and O–H groups in total. The molecule has 15 heavy (non-hydrogen) atoms. The van der Waals surface area contributed by atoms with E-state index in [-0.39, 0.29) is 18.4 Å². The first-order chi connectivity index (χ1) is 7.17. The third kappa shape index (κ3) is 3.07. The highest BCUT2D eigenvalue weighted by molar-refractivity contribution is 5.97. The largest absolute Gasteiger partial charge is 0.355 e. The molecule has 0 unspecified atom stereocenters. The molecular weight excluding hydrogens is 194 g/mol. The Balaban J connectivity index is 2.83. The van der Waals surface area contributed by atoms with E-state index in [1.54, 1.807) is 31.3 Å². The highest BCUT2D eigenvalue weighted by Crippen LogP contribution is 2.10. The molecule has 5 nitrogen and oxygen atoms in total. The van der Waals surface area contributed by atoms with Gasteiger partial charge >= 0.3 is 0 Å². The van der Waals surface area contributed by atoms with Gasteiger partial charge in [0.05, 0.1) is 6.54 Å². The molecule has 0 fully saturated rings. The Morgan fingerprint density at radius 1 is 1.40 bits per heavy atom. The van der Waals surface area contributed by atoms with Crippen LogP contribution >= 0.6 is 0 Å². The molecule has 0 radical (unpaired) electrons. The SMILES string of the molecule is CNC(=O)c1cccc(NC(=O)CN)c1. The van der Waals surface area contributed by atoms with Gasteiger partial charge in [-0.3, -0.25) is 9.59 Å². The van der Waals surface area contributed by atoms with Crippen molar-refractivity contribution in [2.24, 2.45) is 5.73 Å². The standard InChI is InChI=1S/C10H13N3O2/c1-12-10(15)7-3-2-4-8(5-7)13-9(14)6-11/h2-5H,6,11H2,1H3,(H,12,15)(H,13,14). The number of benzene rings is 1. The van der Waals surface area contributed by atoms with Gasteiger partial charge in [0.1, 0.15) is 0 Å². The molecule has 0 aliphatic carbocycles. The predicted octanol–water partition coefficient (Wildman–Crippen LogP) is -0.0566. The molecule has 0 spiro atoms. The van der Waals surface area contributed by atoms with E-state index >= 15 is 0 Å². The molecule has 0 atom stereocenters. The number of carbonyl (C=O) groups excluding carboxylic acids is 2. The summed E-state index contributed by atoms with van der Waals surface area (Å²) in [5.74, 6) is -0.483. The third-order valence-corrected chi connectivity index (χ3v) is 1.82. The van der Waals surface area contributed by atoms with E-state index < -0.39 is 0 Å². The summed E-state index contributed by atoms with van der Waals surface area (Å²) in [5, 5.41) is 5.07. The van der Waals surface area contributed by atoms with Crippen LogP contribution in [-0.2, 0) is 4.79 Å². The Bertz CT molecular complexity index is 377. The summed E-state index contributed by atoms with van der Waals surface area (Å²) in [6.45, 7) is -0.0792. The second-order valence-electron chi connectivity index (χ2n) is 2.91. The molecule has 0 saturated carbocycles. The van der Waals surface area contributed by atoms with Gasteiger partial charge in [-0.2, -0.15) is 0 Å². The summed E-state index contributed by atoms with van der Waals surface area (Å²) in [7, 11) is 1.55. The van der Waals surface area contributed by atoms with E-state index in [9.17, 15) is 9.59 Å². The van der Waals surface area contributed by atoms with Gasteiger partial charge in [0.25, 0.3) is 5.91 Å². The van der Waals surface area contributed by atoms with Crippen LogP contribution in [0.15, 0.2) is 24.3 Å². The average Bonchev–Trinajstić information content (AvgIpc) is 2.28. The van der Waals surface area contributed by atoms with Crippen LogP contribution in [0.5, 0.6) is 0 Å². The summed E-state index contributed by atoms with van der Waals surface area (Å²) in [5.41, 5.74) is 6.21. The van der Waals surface area contributed by atoms with E-state index in [0.29, 0.717) is 11.3 Å². The smallest absolute Gasteiger partial charge is 0.251 e. The summed E-state index contributed by atoms with van der Waals surface area (Å²) in [6, 6.07) is 6.64. The van der Waals surface area contributed by atoms with Crippen LogP contribution in [0.2, 0.25) is 0 Å². The molecule has 1 aromatic carbocycles. The third-order valence-electron chi connectivity index (χ3n) is 1.82. The van der Waals surface area contributed by atoms with Crippen LogP contribution in [0.25, 0.3) is 0 Å². The maximum Gasteiger partial charge on any atom is 0.251 e. The van der Waals surface area contributed by atoms with E-state index in [4.69, 9.17) is 5.73 Å². The van der Waals surface area contributed by atoms with Gasteiger partial charge in [0.15, 0.2) is 0 Å². The number of hydrogen-bond acceptors (Lipinski definition) is 3. The molecule has 0 heterocycles. The first-order valence-corrected chi connectivity index (χ1v) is 4.49. The summed E-state index contributed by atoms with van der Waals surface area (Å²) in [6.07, 6.45) is 0. The number of nitrogens with one attached hydrogen (secondary N) is 2. The molecule has 0 saturated heterocycles. The zero-order valence-corrected chi connectivity index (χ0v) is 8.41. The lowest BCUT2D eigenvalue weighted by atomic mass is 10.2. The number of hydrogen-bond donors (Lipinski definition) is 3. The summed E-state index contributed by atoms with van der Waals surface area (Å²) in [4.78, 5) is 22.3. The number of amides is 2. The highest BCUT2D eigenvalue weighted by Gasteiger charge is 2.04. The van der Waals surface area contributed by atoms with Crippen LogP contribution < -0.4 is 16.4 Å². The Hall–Kier alpha value is -1.88. The van der Waals surface area contributed by atoms with Crippen LogP contribution in [0.3, 0.4) is 0 Å². The lowest BCUT2D eigenvalue weighted by Crippen LogP contribution is -2.22. The van der Waals surface area contributed by atoms with Crippen molar-refractivity contribution >= 4 is 17.5 Å². The van der Waals surface area contributed by atoms with Crippen molar-refractivity contribution in [2.75, 3.05) is 18.9 Å². The maximum atomic E-state index is 11.3. The van der Waals surface area contributed by atoms with Gasteiger partial charge < -0.3 is 16.4 Å². The average molecular weight is 207 g/mol. The molecule has 5 heteroatoms. The van der Waals surface area contributed by atoms with E-state index in [1.807, 2.05) is 0 Å². The first kappa shape index (κ1) is 11.2. The molecular formula is C10H13N3O2. The maximum absolute atomic E-state index is 11.3.